The van der Waals surface area contributed by atoms with Crippen LogP contribution in [-0.4, -0.2) is 22.8 Å². The number of ether oxygens (including phenoxy) is 1. The first kappa shape index (κ1) is 24.2. The van der Waals surface area contributed by atoms with Gasteiger partial charge in [0.15, 0.2) is 0 Å². The van der Waals surface area contributed by atoms with Crippen molar-refractivity contribution in [2.24, 2.45) is 5.92 Å². The van der Waals surface area contributed by atoms with Crippen LogP contribution in [0.2, 0.25) is 0 Å². The summed E-state index contributed by atoms with van der Waals surface area (Å²) >= 11 is 0. The zero-order chi connectivity index (χ0) is 19.4. The number of rotatable bonds is 20. The quantitative estimate of drug-likeness (QED) is 0.221. The standard InChI is InChI=1S/C24H46N2O/c1-24(2)17-16-22-27-21-15-13-11-9-7-5-3-4-6-8-10-12-14-19-26-20-18-25-23-26/h18,20,23-24H,3-17,19,21-22H2,1-2H3. The van der Waals surface area contributed by atoms with Crippen molar-refractivity contribution in [3.05, 3.63) is 18.7 Å². The second-order valence-electron chi connectivity index (χ2n) is 8.55. The van der Waals surface area contributed by atoms with E-state index in [4.69, 9.17) is 4.74 Å². The Labute approximate surface area is 169 Å². The molecule has 0 aliphatic heterocycles. The van der Waals surface area contributed by atoms with Gasteiger partial charge in [0.2, 0.25) is 0 Å². The summed E-state index contributed by atoms with van der Waals surface area (Å²) in [5, 5.41) is 0. The molecule has 0 atom stereocenters. The Morgan fingerprint density at radius 1 is 0.704 bits per heavy atom. The fourth-order valence-corrected chi connectivity index (χ4v) is 3.56. The van der Waals surface area contributed by atoms with Crippen LogP contribution in [0.15, 0.2) is 18.7 Å². The molecule has 1 aromatic heterocycles. The largest absolute Gasteiger partial charge is 0.381 e. The second kappa shape index (κ2) is 18.5. The SMILES string of the molecule is CC(C)CCCOCCCCCCCCCCCCCCCn1ccnc1. The first-order valence-electron chi connectivity index (χ1n) is 11.8. The summed E-state index contributed by atoms with van der Waals surface area (Å²) in [5.41, 5.74) is 0. The predicted molar refractivity (Wildman–Crippen MR) is 117 cm³/mol. The lowest BCUT2D eigenvalue weighted by Crippen LogP contribution is -1.99. The molecule has 0 saturated carbocycles. The van der Waals surface area contributed by atoms with E-state index in [1.165, 1.54) is 96.3 Å². The van der Waals surface area contributed by atoms with E-state index in [-0.39, 0.29) is 0 Å². The summed E-state index contributed by atoms with van der Waals surface area (Å²) in [4.78, 5) is 4.08. The Bertz CT molecular complexity index is 389. The molecule has 0 N–H and O–H groups in total. The topological polar surface area (TPSA) is 27.1 Å². The second-order valence-corrected chi connectivity index (χ2v) is 8.55. The summed E-state index contributed by atoms with van der Waals surface area (Å²) in [6.45, 7) is 7.63. The van der Waals surface area contributed by atoms with Crippen LogP contribution in [0.25, 0.3) is 0 Å². The van der Waals surface area contributed by atoms with E-state index in [9.17, 15) is 0 Å². The molecule has 3 heteroatoms. The number of unbranched alkanes of at least 4 members (excludes halogenated alkanes) is 12. The van der Waals surface area contributed by atoms with Crippen molar-refractivity contribution >= 4 is 0 Å². The number of aromatic nitrogens is 2. The minimum atomic E-state index is 0.812. The van der Waals surface area contributed by atoms with E-state index in [1.807, 2.05) is 12.5 Å². The summed E-state index contributed by atoms with van der Waals surface area (Å²) in [6.07, 6.45) is 26.4. The van der Waals surface area contributed by atoms with E-state index in [0.717, 1.165) is 25.7 Å². The molecule has 0 saturated heterocycles. The number of nitrogens with zero attached hydrogens (tertiary/aromatic N) is 2. The molecule has 1 rings (SSSR count). The van der Waals surface area contributed by atoms with Crippen LogP contribution in [0.3, 0.4) is 0 Å². The van der Waals surface area contributed by atoms with Gasteiger partial charge < -0.3 is 9.30 Å². The van der Waals surface area contributed by atoms with Crippen LogP contribution in [0.1, 0.15) is 110 Å². The van der Waals surface area contributed by atoms with Crippen LogP contribution in [0, 0.1) is 5.92 Å². The van der Waals surface area contributed by atoms with Crippen molar-refractivity contribution in [1.29, 1.82) is 0 Å². The molecule has 0 bridgehead atoms. The highest BCUT2D eigenvalue weighted by molar-refractivity contribution is 4.73. The minimum Gasteiger partial charge on any atom is -0.381 e. The van der Waals surface area contributed by atoms with Gasteiger partial charge in [-0.15, -0.1) is 0 Å². The molecule has 0 fully saturated rings. The summed E-state index contributed by atoms with van der Waals surface area (Å²) in [6, 6.07) is 0. The lowest BCUT2D eigenvalue weighted by Gasteiger charge is -2.06. The number of imidazole rings is 1. The molecule has 1 aromatic rings. The Hall–Kier alpha value is -0.830. The minimum absolute atomic E-state index is 0.812. The van der Waals surface area contributed by atoms with Crippen molar-refractivity contribution in [2.75, 3.05) is 13.2 Å². The third-order valence-corrected chi connectivity index (χ3v) is 5.33. The fourth-order valence-electron chi connectivity index (χ4n) is 3.56. The molecule has 3 nitrogen and oxygen atoms in total. The Balaban J connectivity index is 1.65. The summed E-state index contributed by atoms with van der Waals surface area (Å²) < 4.78 is 7.89. The molecule has 0 aliphatic carbocycles. The highest BCUT2D eigenvalue weighted by Crippen LogP contribution is 2.13. The average molecular weight is 379 g/mol. The molecular weight excluding hydrogens is 332 g/mol. The van der Waals surface area contributed by atoms with Gasteiger partial charge in [-0.05, 0) is 31.6 Å². The number of hydrogen-bond acceptors (Lipinski definition) is 2. The van der Waals surface area contributed by atoms with Crippen molar-refractivity contribution in [3.63, 3.8) is 0 Å². The van der Waals surface area contributed by atoms with Crippen molar-refractivity contribution in [1.82, 2.24) is 9.55 Å². The maximum Gasteiger partial charge on any atom is 0.0945 e. The molecular formula is C24H46N2O. The highest BCUT2D eigenvalue weighted by atomic mass is 16.5. The molecule has 0 amide bonds. The van der Waals surface area contributed by atoms with Crippen LogP contribution >= 0.6 is 0 Å². The van der Waals surface area contributed by atoms with E-state index >= 15 is 0 Å². The third kappa shape index (κ3) is 17.0. The Kier molecular flexibility index (Phi) is 16.6. The molecule has 1 heterocycles. The average Bonchev–Trinajstić information content (AvgIpc) is 3.17. The van der Waals surface area contributed by atoms with Gasteiger partial charge in [0.25, 0.3) is 0 Å². The maximum atomic E-state index is 5.71. The molecule has 0 spiro atoms. The van der Waals surface area contributed by atoms with Crippen LogP contribution in [-0.2, 0) is 11.3 Å². The maximum absolute atomic E-state index is 5.71. The molecule has 158 valence electrons. The van der Waals surface area contributed by atoms with Gasteiger partial charge in [0.1, 0.15) is 0 Å². The van der Waals surface area contributed by atoms with Gasteiger partial charge in [-0.2, -0.15) is 0 Å². The first-order chi connectivity index (χ1) is 13.3. The van der Waals surface area contributed by atoms with Gasteiger partial charge in [-0.1, -0.05) is 84.5 Å². The monoisotopic (exact) mass is 378 g/mol. The van der Waals surface area contributed by atoms with E-state index in [2.05, 4.69) is 29.6 Å². The first-order valence-corrected chi connectivity index (χ1v) is 11.8. The van der Waals surface area contributed by atoms with Crippen molar-refractivity contribution < 1.29 is 4.74 Å². The Morgan fingerprint density at radius 3 is 1.74 bits per heavy atom. The van der Waals surface area contributed by atoms with Crippen LogP contribution in [0.5, 0.6) is 0 Å². The summed E-state index contributed by atoms with van der Waals surface area (Å²) in [5.74, 6) is 0.812. The van der Waals surface area contributed by atoms with Crippen LogP contribution in [0.4, 0.5) is 0 Å². The predicted octanol–water partition coefficient (Wildman–Crippen LogP) is 7.41. The number of aryl methyl sites for hydroxylation is 1. The van der Waals surface area contributed by atoms with Gasteiger partial charge in [0, 0.05) is 32.2 Å². The lowest BCUT2D eigenvalue weighted by molar-refractivity contribution is 0.124. The molecule has 0 radical (unpaired) electrons. The lowest BCUT2D eigenvalue weighted by atomic mass is 10.0. The van der Waals surface area contributed by atoms with Gasteiger partial charge in [-0.3, -0.25) is 0 Å². The Morgan fingerprint density at radius 2 is 1.22 bits per heavy atom. The molecule has 0 unspecified atom stereocenters. The van der Waals surface area contributed by atoms with E-state index < -0.39 is 0 Å². The smallest absolute Gasteiger partial charge is 0.0945 e. The van der Waals surface area contributed by atoms with Gasteiger partial charge >= 0.3 is 0 Å². The molecule has 0 aromatic carbocycles. The zero-order valence-electron chi connectivity index (χ0n) is 18.3. The number of hydrogen-bond donors (Lipinski definition) is 0. The van der Waals surface area contributed by atoms with E-state index in [0.29, 0.717) is 0 Å². The molecule has 0 aliphatic rings. The van der Waals surface area contributed by atoms with Crippen LogP contribution < -0.4 is 0 Å². The normalized spacial score (nSPS) is 11.5. The van der Waals surface area contributed by atoms with Gasteiger partial charge in [0.05, 0.1) is 6.33 Å². The molecule has 27 heavy (non-hydrogen) atoms. The fraction of sp³-hybridized carbons (Fsp3) is 0.875. The third-order valence-electron chi connectivity index (χ3n) is 5.33. The van der Waals surface area contributed by atoms with E-state index in [1.54, 1.807) is 0 Å². The van der Waals surface area contributed by atoms with Gasteiger partial charge in [-0.25, -0.2) is 4.98 Å². The summed E-state index contributed by atoms with van der Waals surface area (Å²) in [7, 11) is 0. The van der Waals surface area contributed by atoms with Crippen molar-refractivity contribution in [2.45, 2.75) is 117 Å². The van der Waals surface area contributed by atoms with Crippen molar-refractivity contribution in [3.8, 4) is 0 Å². The highest BCUT2D eigenvalue weighted by Gasteiger charge is 1.96. The zero-order valence-corrected chi connectivity index (χ0v) is 18.3.